The third-order valence-electron chi connectivity index (χ3n) is 4.46. The lowest BCUT2D eigenvalue weighted by Crippen LogP contribution is -2.15. The Bertz CT molecular complexity index is 1230. The number of hydrogen-bond donors (Lipinski definition) is 3. The lowest BCUT2D eigenvalue weighted by Gasteiger charge is -2.11. The fraction of sp³-hybridized carbons (Fsp3) is 0.0455. The predicted octanol–water partition coefficient (Wildman–Crippen LogP) is 4.99. The van der Waals surface area contributed by atoms with Gasteiger partial charge in [0.25, 0.3) is 11.5 Å². The Morgan fingerprint density at radius 2 is 1.73 bits per heavy atom. The third kappa shape index (κ3) is 4.26. The van der Waals surface area contributed by atoms with Crippen LogP contribution in [-0.2, 0) is 0 Å². The van der Waals surface area contributed by atoms with Crippen LogP contribution in [0.4, 0.5) is 17.3 Å². The van der Waals surface area contributed by atoms with Crippen LogP contribution in [0.5, 0.6) is 0 Å². The molecule has 2 aromatic carbocycles. The largest absolute Gasteiger partial charge is 0.472 e. The molecular formula is C22H17ClN4O3. The van der Waals surface area contributed by atoms with E-state index >= 15 is 0 Å². The first-order valence-electron chi connectivity index (χ1n) is 9.07. The van der Waals surface area contributed by atoms with Gasteiger partial charge in [-0.2, -0.15) is 0 Å². The van der Waals surface area contributed by atoms with Crippen molar-refractivity contribution in [1.29, 1.82) is 0 Å². The molecule has 2 aromatic heterocycles. The summed E-state index contributed by atoms with van der Waals surface area (Å²) < 4.78 is 4.92. The van der Waals surface area contributed by atoms with E-state index < -0.39 is 0 Å². The molecule has 0 saturated carbocycles. The molecular weight excluding hydrogens is 404 g/mol. The smallest absolute Gasteiger partial charge is 0.258 e. The Labute approximate surface area is 176 Å². The summed E-state index contributed by atoms with van der Waals surface area (Å²) in [6, 6.07) is 15.8. The molecule has 3 N–H and O–H groups in total. The van der Waals surface area contributed by atoms with Gasteiger partial charge in [-0.3, -0.25) is 14.6 Å². The van der Waals surface area contributed by atoms with Crippen LogP contribution in [0.2, 0.25) is 5.02 Å². The highest BCUT2D eigenvalue weighted by molar-refractivity contribution is 6.30. The van der Waals surface area contributed by atoms with E-state index in [9.17, 15) is 9.59 Å². The number of aromatic nitrogens is 2. The van der Waals surface area contributed by atoms with Crippen molar-refractivity contribution in [2.24, 2.45) is 0 Å². The Balaban J connectivity index is 1.58. The van der Waals surface area contributed by atoms with Crippen LogP contribution in [-0.4, -0.2) is 15.9 Å². The monoisotopic (exact) mass is 420 g/mol. The van der Waals surface area contributed by atoms with E-state index in [0.717, 1.165) is 11.3 Å². The second kappa shape index (κ2) is 8.26. The number of nitrogens with zero attached hydrogens (tertiary/aromatic N) is 1. The molecule has 0 fully saturated rings. The van der Waals surface area contributed by atoms with Crippen molar-refractivity contribution in [3.05, 3.63) is 93.6 Å². The molecule has 30 heavy (non-hydrogen) atoms. The molecule has 4 rings (SSSR count). The van der Waals surface area contributed by atoms with Gasteiger partial charge < -0.3 is 15.1 Å². The maximum absolute atomic E-state index is 12.4. The summed E-state index contributed by atoms with van der Waals surface area (Å²) in [6.45, 7) is 1.71. The summed E-state index contributed by atoms with van der Waals surface area (Å²) >= 11 is 5.91. The van der Waals surface area contributed by atoms with E-state index in [0.29, 0.717) is 33.5 Å². The van der Waals surface area contributed by atoms with Gasteiger partial charge in [0.05, 0.1) is 17.5 Å². The van der Waals surface area contributed by atoms with Crippen molar-refractivity contribution in [3.8, 4) is 11.3 Å². The van der Waals surface area contributed by atoms with Crippen LogP contribution < -0.4 is 16.2 Å². The number of furan rings is 1. The van der Waals surface area contributed by atoms with Gasteiger partial charge in [0.1, 0.15) is 6.26 Å². The number of H-pyrrole nitrogens is 1. The van der Waals surface area contributed by atoms with Gasteiger partial charge in [-0.15, -0.1) is 0 Å². The van der Waals surface area contributed by atoms with Crippen molar-refractivity contribution in [3.63, 3.8) is 0 Å². The van der Waals surface area contributed by atoms with Gasteiger partial charge in [0.2, 0.25) is 5.95 Å². The fourth-order valence-corrected chi connectivity index (χ4v) is 2.98. The topological polar surface area (TPSA) is 100 Å². The molecule has 0 aliphatic heterocycles. The number of anilines is 3. The Morgan fingerprint density at radius 1 is 1.03 bits per heavy atom. The van der Waals surface area contributed by atoms with Gasteiger partial charge >= 0.3 is 0 Å². The number of carbonyl (C=O) groups excluding carboxylic acids is 1. The van der Waals surface area contributed by atoms with E-state index in [2.05, 4.69) is 20.6 Å². The number of aromatic amines is 1. The summed E-state index contributed by atoms with van der Waals surface area (Å²) in [5.41, 5.74) is 3.34. The molecule has 2 heterocycles. The molecule has 0 aliphatic rings. The first kappa shape index (κ1) is 19.5. The van der Waals surface area contributed by atoms with E-state index in [1.54, 1.807) is 61.5 Å². The third-order valence-corrected chi connectivity index (χ3v) is 4.71. The zero-order valence-electron chi connectivity index (χ0n) is 15.9. The summed E-state index contributed by atoms with van der Waals surface area (Å²) in [5, 5.41) is 6.48. The highest BCUT2D eigenvalue weighted by Gasteiger charge is 2.12. The van der Waals surface area contributed by atoms with Gasteiger partial charge in [-0.05, 0) is 49.4 Å². The van der Waals surface area contributed by atoms with E-state index in [1.165, 1.54) is 12.5 Å². The molecule has 7 nitrogen and oxygen atoms in total. The van der Waals surface area contributed by atoms with E-state index in [4.69, 9.17) is 16.0 Å². The van der Waals surface area contributed by atoms with Crippen molar-refractivity contribution >= 4 is 34.8 Å². The van der Waals surface area contributed by atoms with Crippen molar-refractivity contribution in [2.75, 3.05) is 10.6 Å². The number of carbonyl (C=O) groups is 1. The minimum Gasteiger partial charge on any atom is -0.472 e. The standard InChI is InChI=1S/C22H17ClN4O3/c1-13-19(26-22(27-20(13)28)25-18-8-4-16(23)5-9-18)14-2-6-17(7-3-14)24-21(29)15-10-11-30-12-15/h2-12H,1H3,(H,24,29)(H2,25,26,27,28). The number of rotatable bonds is 5. The molecule has 4 aromatic rings. The minimum atomic E-state index is -0.267. The van der Waals surface area contributed by atoms with Crippen LogP contribution in [0.1, 0.15) is 15.9 Å². The van der Waals surface area contributed by atoms with Gasteiger partial charge in [0, 0.05) is 27.5 Å². The maximum atomic E-state index is 12.4. The molecule has 0 radical (unpaired) electrons. The van der Waals surface area contributed by atoms with Gasteiger partial charge in [0.15, 0.2) is 0 Å². The molecule has 0 atom stereocenters. The molecule has 8 heteroatoms. The van der Waals surface area contributed by atoms with E-state index in [-0.39, 0.29) is 11.5 Å². The second-order valence-electron chi connectivity index (χ2n) is 6.56. The summed E-state index contributed by atoms with van der Waals surface area (Å²) in [7, 11) is 0. The Hall–Kier alpha value is -3.84. The zero-order chi connectivity index (χ0) is 21.1. The number of hydrogen-bond acceptors (Lipinski definition) is 5. The average molecular weight is 421 g/mol. The molecule has 0 bridgehead atoms. The van der Waals surface area contributed by atoms with Crippen molar-refractivity contribution in [1.82, 2.24) is 9.97 Å². The fourth-order valence-electron chi connectivity index (χ4n) is 2.85. The lowest BCUT2D eigenvalue weighted by atomic mass is 10.1. The average Bonchev–Trinajstić information content (AvgIpc) is 3.28. The summed E-state index contributed by atoms with van der Waals surface area (Å²) in [4.78, 5) is 31.8. The van der Waals surface area contributed by atoms with Gasteiger partial charge in [-0.1, -0.05) is 23.7 Å². The normalized spacial score (nSPS) is 10.6. The molecule has 0 spiro atoms. The van der Waals surface area contributed by atoms with Crippen LogP contribution in [0, 0.1) is 6.92 Å². The lowest BCUT2D eigenvalue weighted by molar-refractivity contribution is 0.102. The molecule has 1 amide bonds. The van der Waals surface area contributed by atoms with Crippen LogP contribution in [0.3, 0.4) is 0 Å². The highest BCUT2D eigenvalue weighted by atomic mass is 35.5. The summed E-state index contributed by atoms with van der Waals surface area (Å²) in [5.74, 6) is 0.0525. The van der Waals surface area contributed by atoms with E-state index in [1.807, 2.05) is 0 Å². The first-order valence-corrected chi connectivity index (χ1v) is 9.45. The van der Waals surface area contributed by atoms with Crippen LogP contribution in [0.15, 0.2) is 76.3 Å². The van der Waals surface area contributed by atoms with Crippen LogP contribution in [0.25, 0.3) is 11.3 Å². The SMILES string of the molecule is Cc1c(-c2ccc(NC(=O)c3ccoc3)cc2)nc(Nc2ccc(Cl)cc2)[nH]c1=O. The number of amides is 1. The first-order chi connectivity index (χ1) is 14.5. The van der Waals surface area contributed by atoms with Crippen molar-refractivity contribution < 1.29 is 9.21 Å². The Morgan fingerprint density at radius 3 is 2.40 bits per heavy atom. The number of halogens is 1. The minimum absolute atomic E-state index is 0.242. The number of nitrogens with one attached hydrogen (secondary N) is 3. The Kier molecular flexibility index (Phi) is 5.36. The second-order valence-corrected chi connectivity index (χ2v) is 7.00. The maximum Gasteiger partial charge on any atom is 0.258 e. The molecule has 150 valence electrons. The molecule has 0 saturated heterocycles. The summed E-state index contributed by atoms with van der Waals surface area (Å²) in [6.07, 6.45) is 2.82. The van der Waals surface area contributed by atoms with Crippen molar-refractivity contribution in [2.45, 2.75) is 6.92 Å². The number of benzene rings is 2. The van der Waals surface area contributed by atoms with Gasteiger partial charge in [-0.25, -0.2) is 4.98 Å². The molecule has 0 unspecified atom stereocenters. The quantitative estimate of drug-likeness (QED) is 0.422. The zero-order valence-corrected chi connectivity index (χ0v) is 16.7. The molecule has 0 aliphatic carbocycles. The predicted molar refractivity (Wildman–Crippen MR) is 116 cm³/mol. The van der Waals surface area contributed by atoms with Crippen LogP contribution >= 0.6 is 11.6 Å². The highest BCUT2D eigenvalue weighted by Crippen LogP contribution is 2.24.